The van der Waals surface area contributed by atoms with Gasteiger partial charge in [0.25, 0.3) is 0 Å². The van der Waals surface area contributed by atoms with Crippen LogP contribution in [-0.2, 0) is 0 Å². The van der Waals surface area contributed by atoms with Gasteiger partial charge in [0.1, 0.15) is 0 Å². The van der Waals surface area contributed by atoms with Crippen LogP contribution in [0.25, 0.3) is 0 Å². The highest BCUT2D eigenvalue weighted by Crippen LogP contribution is 2.64. The molecular formula is C12H22ClN. The Bertz CT molecular complexity index is 224. The van der Waals surface area contributed by atoms with E-state index < -0.39 is 0 Å². The van der Waals surface area contributed by atoms with Gasteiger partial charge in [-0.25, -0.2) is 0 Å². The van der Waals surface area contributed by atoms with Crippen molar-refractivity contribution < 1.29 is 0 Å². The van der Waals surface area contributed by atoms with E-state index in [1.165, 1.54) is 38.5 Å². The van der Waals surface area contributed by atoms with Crippen LogP contribution in [0.5, 0.6) is 0 Å². The van der Waals surface area contributed by atoms with Crippen LogP contribution < -0.4 is 5.73 Å². The minimum absolute atomic E-state index is 0. The Labute approximate surface area is 93.2 Å². The monoisotopic (exact) mass is 215 g/mol. The number of rotatable bonds is 1. The van der Waals surface area contributed by atoms with E-state index in [1.807, 2.05) is 0 Å². The third kappa shape index (κ3) is 1.40. The highest BCUT2D eigenvalue weighted by molar-refractivity contribution is 5.85. The molecule has 4 fully saturated rings. The maximum Gasteiger partial charge on any atom is -0.00201 e. The molecule has 0 spiro atoms. The van der Waals surface area contributed by atoms with Crippen LogP contribution in [0.15, 0.2) is 0 Å². The molecule has 1 nitrogen and oxygen atoms in total. The molecule has 14 heavy (non-hydrogen) atoms. The van der Waals surface area contributed by atoms with Crippen LogP contribution >= 0.6 is 12.4 Å². The molecule has 0 amide bonds. The van der Waals surface area contributed by atoms with Crippen LogP contribution in [0.2, 0.25) is 0 Å². The molecule has 4 aliphatic rings. The first-order chi connectivity index (χ1) is 6.13. The zero-order chi connectivity index (χ0) is 9.10. The molecule has 4 saturated carbocycles. The molecule has 4 rings (SSSR count). The van der Waals surface area contributed by atoms with Gasteiger partial charge in [-0.05, 0) is 67.7 Å². The second-order valence-electron chi connectivity index (χ2n) is 6.48. The number of halogens is 1. The zero-order valence-electron chi connectivity index (χ0n) is 9.09. The zero-order valence-corrected chi connectivity index (χ0v) is 9.91. The van der Waals surface area contributed by atoms with Crippen molar-refractivity contribution in [1.29, 1.82) is 0 Å². The summed E-state index contributed by atoms with van der Waals surface area (Å²) in [5, 5.41) is 0. The Balaban J connectivity index is 0.000000750. The van der Waals surface area contributed by atoms with Crippen molar-refractivity contribution in [3.63, 3.8) is 0 Å². The fraction of sp³-hybridized carbons (Fsp3) is 1.00. The summed E-state index contributed by atoms with van der Waals surface area (Å²) in [7, 11) is 0. The van der Waals surface area contributed by atoms with Crippen LogP contribution in [-0.4, -0.2) is 6.54 Å². The summed E-state index contributed by atoms with van der Waals surface area (Å²) in [5.74, 6) is 2.07. The van der Waals surface area contributed by atoms with Crippen molar-refractivity contribution in [2.24, 2.45) is 28.4 Å². The number of hydrogen-bond donors (Lipinski definition) is 1. The lowest BCUT2D eigenvalue weighted by Gasteiger charge is -2.61. The van der Waals surface area contributed by atoms with Crippen molar-refractivity contribution in [2.45, 2.75) is 45.4 Å². The summed E-state index contributed by atoms with van der Waals surface area (Å²) >= 11 is 0. The predicted molar refractivity (Wildman–Crippen MR) is 61.5 cm³/mol. The highest BCUT2D eigenvalue weighted by atomic mass is 35.5. The van der Waals surface area contributed by atoms with Crippen molar-refractivity contribution in [1.82, 2.24) is 0 Å². The van der Waals surface area contributed by atoms with E-state index in [2.05, 4.69) is 6.92 Å². The van der Waals surface area contributed by atoms with E-state index >= 15 is 0 Å². The molecule has 0 radical (unpaired) electrons. The molecule has 0 heterocycles. The molecular weight excluding hydrogens is 194 g/mol. The van der Waals surface area contributed by atoms with Gasteiger partial charge < -0.3 is 5.73 Å². The Morgan fingerprint density at radius 1 is 1.14 bits per heavy atom. The van der Waals surface area contributed by atoms with Crippen molar-refractivity contribution >= 4 is 12.4 Å². The lowest BCUT2D eigenvalue weighted by molar-refractivity contribution is -0.0964. The molecule has 4 aliphatic carbocycles. The third-order valence-electron chi connectivity index (χ3n) is 4.91. The Morgan fingerprint density at radius 3 is 2.14 bits per heavy atom. The summed E-state index contributed by atoms with van der Waals surface area (Å²) in [6, 6.07) is 0. The van der Waals surface area contributed by atoms with E-state index in [-0.39, 0.29) is 12.4 Å². The van der Waals surface area contributed by atoms with Crippen LogP contribution in [0.4, 0.5) is 0 Å². The number of hydrogen-bond acceptors (Lipinski definition) is 1. The summed E-state index contributed by atoms with van der Waals surface area (Å²) in [5.41, 5.74) is 7.25. The molecule has 2 atom stereocenters. The van der Waals surface area contributed by atoms with Gasteiger partial charge in [0, 0.05) is 0 Å². The molecule has 0 aliphatic heterocycles. The summed E-state index contributed by atoms with van der Waals surface area (Å²) in [6.07, 6.45) is 8.88. The first kappa shape index (κ1) is 10.8. The summed E-state index contributed by atoms with van der Waals surface area (Å²) < 4.78 is 0. The first-order valence-corrected chi connectivity index (χ1v) is 5.83. The minimum atomic E-state index is 0. The molecule has 0 saturated heterocycles. The van der Waals surface area contributed by atoms with Crippen molar-refractivity contribution in [2.75, 3.05) is 6.54 Å². The van der Waals surface area contributed by atoms with Gasteiger partial charge in [-0.3, -0.25) is 0 Å². The Kier molecular flexibility index (Phi) is 2.40. The second kappa shape index (κ2) is 3.12. The van der Waals surface area contributed by atoms with Crippen LogP contribution in [0, 0.1) is 22.7 Å². The Hall–Kier alpha value is 0.250. The van der Waals surface area contributed by atoms with Crippen LogP contribution in [0.3, 0.4) is 0 Å². The molecule has 82 valence electrons. The molecule has 2 unspecified atom stereocenters. The van der Waals surface area contributed by atoms with Gasteiger partial charge in [0.05, 0.1) is 0 Å². The van der Waals surface area contributed by atoms with Crippen molar-refractivity contribution in [3.8, 4) is 0 Å². The summed E-state index contributed by atoms with van der Waals surface area (Å²) in [4.78, 5) is 0. The normalized spacial score (nSPS) is 54.4. The average molecular weight is 216 g/mol. The van der Waals surface area contributed by atoms with Gasteiger partial charge >= 0.3 is 0 Å². The highest BCUT2D eigenvalue weighted by Gasteiger charge is 2.54. The van der Waals surface area contributed by atoms with E-state index in [0.717, 1.165) is 18.4 Å². The second-order valence-corrected chi connectivity index (χ2v) is 6.48. The van der Waals surface area contributed by atoms with Crippen LogP contribution in [0.1, 0.15) is 45.4 Å². The predicted octanol–water partition coefficient (Wildman–Crippen LogP) is 2.97. The fourth-order valence-corrected chi connectivity index (χ4v) is 5.17. The lowest BCUT2D eigenvalue weighted by atomic mass is 9.45. The standard InChI is InChI=1S/C12H21N.ClH/c1-11-3-9-2-10(4-11)6-12(5-9,7-11)8-13;/h9-10H,2-8,13H2,1H3;1H. The number of nitrogens with two attached hydrogens (primary N) is 1. The molecule has 2 heteroatoms. The largest absolute Gasteiger partial charge is 0.330 e. The van der Waals surface area contributed by atoms with Gasteiger partial charge in [0.15, 0.2) is 0 Å². The maximum atomic E-state index is 5.99. The average Bonchev–Trinajstić information content (AvgIpc) is 1.99. The minimum Gasteiger partial charge on any atom is -0.330 e. The topological polar surface area (TPSA) is 26.0 Å². The van der Waals surface area contributed by atoms with E-state index in [9.17, 15) is 0 Å². The third-order valence-corrected chi connectivity index (χ3v) is 4.91. The molecule has 4 bridgehead atoms. The summed E-state index contributed by atoms with van der Waals surface area (Å²) in [6.45, 7) is 3.46. The smallest absolute Gasteiger partial charge is 0.00201 e. The molecule has 0 aromatic rings. The van der Waals surface area contributed by atoms with Gasteiger partial charge in [-0.15, -0.1) is 12.4 Å². The Morgan fingerprint density at radius 2 is 1.71 bits per heavy atom. The first-order valence-electron chi connectivity index (χ1n) is 5.83. The van der Waals surface area contributed by atoms with E-state index in [4.69, 9.17) is 5.73 Å². The molecule has 0 aromatic carbocycles. The lowest BCUT2D eigenvalue weighted by Crippen LogP contribution is -2.53. The van der Waals surface area contributed by atoms with Crippen molar-refractivity contribution in [3.05, 3.63) is 0 Å². The van der Waals surface area contributed by atoms with E-state index in [0.29, 0.717) is 10.8 Å². The molecule has 0 aromatic heterocycles. The SMILES string of the molecule is CC12CC3CC(C1)CC(CN)(C3)C2.Cl. The molecule has 2 N–H and O–H groups in total. The quantitative estimate of drug-likeness (QED) is 0.715. The fourth-order valence-electron chi connectivity index (χ4n) is 5.17. The van der Waals surface area contributed by atoms with Gasteiger partial charge in [-0.1, -0.05) is 6.92 Å². The van der Waals surface area contributed by atoms with Gasteiger partial charge in [-0.2, -0.15) is 0 Å². The maximum absolute atomic E-state index is 5.99. The van der Waals surface area contributed by atoms with E-state index in [1.54, 1.807) is 0 Å². The van der Waals surface area contributed by atoms with Gasteiger partial charge in [0.2, 0.25) is 0 Å².